The van der Waals surface area contributed by atoms with Crippen LogP contribution in [0.25, 0.3) is 11.1 Å². The highest BCUT2D eigenvalue weighted by molar-refractivity contribution is 8.08. The van der Waals surface area contributed by atoms with E-state index in [0.29, 0.717) is 6.54 Å². The van der Waals surface area contributed by atoms with Crippen LogP contribution in [0.3, 0.4) is 0 Å². The summed E-state index contributed by atoms with van der Waals surface area (Å²) in [4.78, 5) is 16.8. The maximum atomic E-state index is 13.4. The normalized spacial score (nSPS) is 14.8. The average molecular weight is 508 g/mol. The fourth-order valence-corrected chi connectivity index (χ4v) is 6.54. The highest BCUT2D eigenvalue weighted by Gasteiger charge is 2.24. The Morgan fingerprint density at radius 1 is 1.03 bits per heavy atom. The predicted molar refractivity (Wildman–Crippen MR) is 138 cm³/mol. The van der Waals surface area contributed by atoms with Crippen molar-refractivity contribution in [3.63, 3.8) is 0 Å². The molecule has 2 aromatic heterocycles. The van der Waals surface area contributed by atoms with Gasteiger partial charge in [-0.05, 0) is 37.6 Å². The van der Waals surface area contributed by atoms with E-state index in [-0.39, 0.29) is 18.0 Å². The Kier molecular flexibility index (Phi) is 7.31. The summed E-state index contributed by atoms with van der Waals surface area (Å²) in [6.45, 7) is 5.56. The molecule has 0 N–H and O–H groups in total. The summed E-state index contributed by atoms with van der Waals surface area (Å²) in [5.74, 6) is 0. The number of hydrogen-bond donors (Lipinski definition) is 0. The fraction of sp³-hybridized carbons (Fsp3) is 0.185. The van der Waals surface area contributed by atoms with Crippen LogP contribution in [-0.2, 0) is 13.1 Å². The van der Waals surface area contributed by atoms with E-state index in [1.807, 2.05) is 29.7 Å². The standard InChI is InChI=1S/C27H26N3OS2.ClH/c1-4-30-24(17-21-12-8-9-15-29(21)18-20-10-6-5-7-11-20)33-25(26(30)31)27-28(3)22-16-19(2)13-14-23(22)32-27;/h5-17H,4,18H2,1-3H3;1H/q+1;/p-1/b27-25+;. The third kappa shape index (κ3) is 4.58. The molecular weight excluding hydrogens is 482 g/mol. The van der Waals surface area contributed by atoms with Crippen molar-refractivity contribution in [2.75, 3.05) is 11.9 Å². The van der Waals surface area contributed by atoms with Crippen molar-refractivity contribution in [2.24, 2.45) is 0 Å². The minimum absolute atomic E-state index is 0. The number of rotatable bonds is 4. The van der Waals surface area contributed by atoms with E-state index >= 15 is 0 Å². The molecule has 4 aromatic rings. The topological polar surface area (TPSA) is 29.1 Å². The van der Waals surface area contributed by atoms with Crippen molar-refractivity contribution < 1.29 is 17.0 Å². The molecular formula is C27H26ClN3OS2. The van der Waals surface area contributed by atoms with Gasteiger partial charge in [0.05, 0.1) is 5.69 Å². The van der Waals surface area contributed by atoms with Crippen LogP contribution >= 0.6 is 23.1 Å². The molecule has 0 saturated heterocycles. The SMILES string of the molecule is CCn1c(=O)/c(=C2\Sc3ccc(C)cc3N2C)s/c1=C\c1cccc[n+]1Cc1ccccc1.[Cl-]. The lowest BCUT2D eigenvalue weighted by Gasteiger charge is -2.12. The minimum atomic E-state index is 0. The van der Waals surface area contributed by atoms with Gasteiger partial charge in [-0.2, -0.15) is 4.57 Å². The van der Waals surface area contributed by atoms with Gasteiger partial charge in [-0.1, -0.05) is 48.2 Å². The van der Waals surface area contributed by atoms with E-state index in [1.165, 1.54) is 21.7 Å². The molecule has 3 heterocycles. The summed E-state index contributed by atoms with van der Waals surface area (Å²) in [6, 6.07) is 23.1. The number of pyridine rings is 1. The Labute approximate surface area is 213 Å². The number of thiazole rings is 1. The molecule has 0 bridgehead atoms. The van der Waals surface area contributed by atoms with Gasteiger partial charge in [-0.15, -0.1) is 11.3 Å². The van der Waals surface area contributed by atoms with Gasteiger partial charge in [0.25, 0.3) is 5.56 Å². The lowest BCUT2D eigenvalue weighted by molar-refractivity contribution is -0.690. The zero-order valence-corrected chi connectivity index (χ0v) is 21.8. The number of benzene rings is 2. The Morgan fingerprint density at radius 3 is 2.56 bits per heavy atom. The van der Waals surface area contributed by atoms with Crippen molar-refractivity contribution in [3.8, 4) is 0 Å². The van der Waals surface area contributed by atoms with Crippen molar-refractivity contribution in [2.45, 2.75) is 31.8 Å². The maximum absolute atomic E-state index is 13.4. The van der Waals surface area contributed by atoms with Crippen LogP contribution in [0.2, 0.25) is 0 Å². The molecule has 7 heteroatoms. The molecule has 174 valence electrons. The first-order chi connectivity index (χ1) is 16.0. The molecule has 34 heavy (non-hydrogen) atoms. The third-order valence-corrected chi connectivity index (χ3v) is 8.34. The van der Waals surface area contributed by atoms with Crippen LogP contribution in [-0.4, -0.2) is 11.6 Å². The molecule has 1 aliphatic rings. The number of halogens is 1. The summed E-state index contributed by atoms with van der Waals surface area (Å²) in [6.07, 6.45) is 4.23. The fourth-order valence-electron chi connectivity index (χ4n) is 4.10. The summed E-state index contributed by atoms with van der Waals surface area (Å²) in [5, 5.41) is 1.01. The molecule has 0 unspecified atom stereocenters. The highest BCUT2D eigenvalue weighted by Crippen LogP contribution is 2.45. The van der Waals surface area contributed by atoms with Gasteiger partial charge in [0, 0.05) is 42.3 Å². The number of aryl methyl sites for hydroxylation is 1. The first-order valence-electron chi connectivity index (χ1n) is 11.1. The zero-order valence-electron chi connectivity index (χ0n) is 19.4. The van der Waals surface area contributed by atoms with Gasteiger partial charge < -0.3 is 17.3 Å². The first kappa shape index (κ1) is 24.3. The van der Waals surface area contributed by atoms with Gasteiger partial charge >= 0.3 is 0 Å². The lowest BCUT2D eigenvalue weighted by Crippen LogP contribution is -3.00. The molecule has 0 radical (unpaired) electrons. The minimum Gasteiger partial charge on any atom is -1.00 e. The van der Waals surface area contributed by atoms with Crippen LogP contribution in [0, 0.1) is 6.92 Å². The van der Waals surface area contributed by atoms with Crippen molar-refractivity contribution >= 4 is 39.9 Å². The average Bonchev–Trinajstić information content (AvgIpc) is 3.31. The van der Waals surface area contributed by atoms with Gasteiger partial charge in [0.1, 0.15) is 14.2 Å². The molecule has 0 fully saturated rings. The molecule has 1 aliphatic heterocycles. The molecule has 5 rings (SSSR count). The number of hydrogen-bond acceptors (Lipinski definition) is 4. The predicted octanol–water partition coefficient (Wildman–Crippen LogP) is 0.715. The van der Waals surface area contributed by atoms with Gasteiger partial charge in [0.2, 0.25) is 5.69 Å². The number of anilines is 1. The smallest absolute Gasteiger partial charge is 0.271 e. The summed E-state index contributed by atoms with van der Waals surface area (Å²) in [5.41, 5.74) is 4.79. The summed E-state index contributed by atoms with van der Waals surface area (Å²) < 4.78 is 5.88. The molecule has 0 atom stereocenters. The third-order valence-electron chi connectivity index (χ3n) is 5.85. The van der Waals surface area contributed by atoms with E-state index in [2.05, 4.69) is 84.2 Å². The molecule has 4 nitrogen and oxygen atoms in total. The van der Waals surface area contributed by atoms with Gasteiger partial charge in [0.15, 0.2) is 12.7 Å². The second kappa shape index (κ2) is 10.2. The second-order valence-electron chi connectivity index (χ2n) is 8.14. The highest BCUT2D eigenvalue weighted by atomic mass is 35.5. The van der Waals surface area contributed by atoms with E-state index in [4.69, 9.17) is 0 Å². The van der Waals surface area contributed by atoms with Crippen molar-refractivity contribution in [3.05, 3.63) is 109 Å². The van der Waals surface area contributed by atoms with E-state index < -0.39 is 0 Å². The Hall–Kier alpha value is -2.80. The number of thioether (sulfide) groups is 1. The van der Waals surface area contributed by atoms with Crippen molar-refractivity contribution in [1.29, 1.82) is 0 Å². The maximum Gasteiger partial charge on any atom is 0.271 e. The Morgan fingerprint density at radius 2 is 1.79 bits per heavy atom. The zero-order chi connectivity index (χ0) is 22.9. The molecule has 2 aromatic carbocycles. The van der Waals surface area contributed by atoms with Crippen LogP contribution in [0.5, 0.6) is 0 Å². The lowest BCUT2D eigenvalue weighted by atomic mass is 10.2. The molecule has 0 saturated carbocycles. The molecule has 0 aliphatic carbocycles. The Bertz CT molecular complexity index is 1510. The van der Waals surface area contributed by atoms with Crippen LogP contribution in [0.4, 0.5) is 5.69 Å². The quantitative estimate of drug-likeness (QED) is 0.381. The summed E-state index contributed by atoms with van der Waals surface area (Å²) in [7, 11) is 2.05. The van der Waals surface area contributed by atoms with E-state index in [0.717, 1.165) is 26.5 Å². The second-order valence-corrected chi connectivity index (χ2v) is 10.2. The van der Waals surface area contributed by atoms with E-state index in [1.54, 1.807) is 23.1 Å². The molecule has 0 amide bonds. The van der Waals surface area contributed by atoms with Crippen molar-refractivity contribution in [1.82, 2.24) is 4.57 Å². The van der Waals surface area contributed by atoms with Crippen LogP contribution in [0.1, 0.15) is 23.7 Å². The number of aromatic nitrogens is 2. The van der Waals surface area contributed by atoms with E-state index in [9.17, 15) is 4.79 Å². The van der Waals surface area contributed by atoms with Crippen LogP contribution in [0.15, 0.2) is 82.6 Å². The number of nitrogens with zero attached hydrogens (tertiary/aromatic N) is 3. The van der Waals surface area contributed by atoms with Gasteiger partial charge in [-0.25, -0.2) is 0 Å². The number of fused-ring (bicyclic) bond motifs is 1. The largest absolute Gasteiger partial charge is 1.00 e. The first-order valence-corrected chi connectivity index (χ1v) is 12.7. The summed E-state index contributed by atoms with van der Waals surface area (Å²) >= 11 is 3.26. The van der Waals surface area contributed by atoms with Crippen LogP contribution < -0.4 is 36.6 Å². The molecule has 0 spiro atoms. The van der Waals surface area contributed by atoms with Gasteiger partial charge in [-0.3, -0.25) is 9.36 Å². The Balaban J connectivity index is 0.00000274. The monoisotopic (exact) mass is 507 g/mol.